The Hall–Kier alpha value is -1.00. The van der Waals surface area contributed by atoms with Gasteiger partial charge in [0.25, 0.3) is 0 Å². The van der Waals surface area contributed by atoms with E-state index in [1.165, 1.54) is 12.1 Å². The van der Waals surface area contributed by atoms with Crippen LogP contribution < -0.4 is 5.73 Å². The quantitative estimate of drug-likeness (QED) is 0.860. The standard InChI is InChI=1S/C13H20F2N2/c1-9(16)4-7-13(17(2)3)11-6-5-10(14)8-12(11)15/h5-6,8-9,13H,4,7,16H2,1-3H3. The zero-order valence-electron chi connectivity index (χ0n) is 10.6. The fourth-order valence-corrected chi connectivity index (χ4v) is 1.88. The van der Waals surface area contributed by atoms with Crippen LogP contribution in [0.2, 0.25) is 0 Å². The molecule has 0 saturated carbocycles. The van der Waals surface area contributed by atoms with Crippen molar-refractivity contribution in [2.45, 2.75) is 31.8 Å². The summed E-state index contributed by atoms with van der Waals surface area (Å²) in [5.41, 5.74) is 6.23. The zero-order valence-corrected chi connectivity index (χ0v) is 10.6. The van der Waals surface area contributed by atoms with E-state index in [2.05, 4.69) is 0 Å². The summed E-state index contributed by atoms with van der Waals surface area (Å²) < 4.78 is 26.5. The van der Waals surface area contributed by atoms with Crippen molar-refractivity contribution in [1.29, 1.82) is 0 Å². The van der Waals surface area contributed by atoms with E-state index >= 15 is 0 Å². The first-order chi connectivity index (χ1) is 7.91. The summed E-state index contributed by atoms with van der Waals surface area (Å²) in [5, 5.41) is 0. The van der Waals surface area contributed by atoms with Crippen molar-refractivity contribution in [2.24, 2.45) is 5.73 Å². The minimum Gasteiger partial charge on any atom is -0.328 e. The first-order valence-corrected chi connectivity index (χ1v) is 5.78. The van der Waals surface area contributed by atoms with E-state index in [0.717, 1.165) is 18.9 Å². The molecule has 2 nitrogen and oxygen atoms in total. The maximum atomic E-state index is 13.7. The second-order valence-corrected chi connectivity index (χ2v) is 4.70. The van der Waals surface area contributed by atoms with E-state index in [0.29, 0.717) is 5.56 Å². The van der Waals surface area contributed by atoms with E-state index in [4.69, 9.17) is 5.73 Å². The smallest absolute Gasteiger partial charge is 0.130 e. The monoisotopic (exact) mass is 242 g/mol. The van der Waals surface area contributed by atoms with Crippen LogP contribution in [0.3, 0.4) is 0 Å². The largest absolute Gasteiger partial charge is 0.328 e. The van der Waals surface area contributed by atoms with Crippen molar-refractivity contribution in [3.05, 3.63) is 35.4 Å². The average Bonchev–Trinajstić information content (AvgIpc) is 2.20. The van der Waals surface area contributed by atoms with Crippen LogP contribution in [0.1, 0.15) is 31.4 Å². The summed E-state index contributed by atoms with van der Waals surface area (Å²) in [7, 11) is 3.77. The molecule has 2 atom stereocenters. The van der Waals surface area contributed by atoms with Crippen LogP contribution in [0, 0.1) is 11.6 Å². The Morgan fingerprint density at radius 2 is 1.88 bits per heavy atom. The number of nitrogens with zero attached hydrogens (tertiary/aromatic N) is 1. The second kappa shape index (κ2) is 6.07. The lowest BCUT2D eigenvalue weighted by molar-refractivity contribution is 0.268. The molecule has 0 saturated heterocycles. The van der Waals surface area contributed by atoms with Crippen LogP contribution in [-0.2, 0) is 0 Å². The Balaban J connectivity index is 2.89. The first kappa shape index (κ1) is 14.1. The predicted molar refractivity (Wildman–Crippen MR) is 65.7 cm³/mol. The summed E-state index contributed by atoms with van der Waals surface area (Å²) in [4.78, 5) is 1.93. The van der Waals surface area contributed by atoms with Gasteiger partial charge in [-0.3, -0.25) is 0 Å². The number of nitrogens with two attached hydrogens (primary N) is 1. The molecule has 0 aromatic heterocycles. The molecule has 0 amide bonds. The molecule has 17 heavy (non-hydrogen) atoms. The second-order valence-electron chi connectivity index (χ2n) is 4.70. The van der Waals surface area contributed by atoms with Crippen molar-refractivity contribution in [2.75, 3.05) is 14.1 Å². The van der Waals surface area contributed by atoms with Gasteiger partial charge in [0.2, 0.25) is 0 Å². The lowest BCUT2D eigenvalue weighted by Gasteiger charge is -2.25. The molecular formula is C13H20F2N2. The SMILES string of the molecule is CC(N)CCC(c1ccc(F)cc1F)N(C)C. The molecule has 0 bridgehead atoms. The number of rotatable bonds is 5. The summed E-state index contributed by atoms with van der Waals surface area (Å²) in [6.07, 6.45) is 1.56. The molecule has 96 valence electrons. The van der Waals surface area contributed by atoms with Gasteiger partial charge in [-0.25, -0.2) is 8.78 Å². The molecule has 1 aromatic carbocycles. The molecule has 4 heteroatoms. The third-order valence-electron chi connectivity index (χ3n) is 2.84. The normalized spacial score (nSPS) is 15.0. The van der Waals surface area contributed by atoms with Crippen LogP contribution in [0.15, 0.2) is 18.2 Å². The van der Waals surface area contributed by atoms with Crippen LogP contribution in [0.5, 0.6) is 0 Å². The van der Waals surface area contributed by atoms with Crippen LogP contribution in [-0.4, -0.2) is 25.0 Å². The molecular weight excluding hydrogens is 222 g/mol. The third kappa shape index (κ3) is 4.06. The topological polar surface area (TPSA) is 29.3 Å². The molecule has 0 radical (unpaired) electrons. The Morgan fingerprint density at radius 1 is 1.24 bits per heavy atom. The zero-order chi connectivity index (χ0) is 13.0. The van der Waals surface area contributed by atoms with Gasteiger partial charge in [0.1, 0.15) is 11.6 Å². The first-order valence-electron chi connectivity index (χ1n) is 5.78. The number of hydrogen-bond acceptors (Lipinski definition) is 2. The number of halogens is 2. The Labute approximate surface area is 101 Å². The highest BCUT2D eigenvalue weighted by molar-refractivity contribution is 5.22. The lowest BCUT2D eigenvalue weighted by atomic mass is 9.98. The fourth-order valence-electron chi connectivity index (χ4n) is 1.88. The molecule has 1 aromatic rings. The minimum atomic E-state index is -0.545. The molecule has 2 unspecified atom stereocenters. The highest BCUT2D eigenvalue weighted by atomic mass is 19.1. The van der Waals surface area contributed by atoms with Crippen LogP contribution in [0.25, 0.3) is 0 Å². The van der Waals surface area contributed by atoms with E-state index < -0.39 is 11.6 Å². The summed E-state index contributed by atoms with van der Waals surface area (Å²) in [6.45, 7) is 1.92. The molecule has 2 N–H and O–H groups in total. The van der Waals surface area contributed by atoms with Gasteiger partial charge in [0.15, 0.2) is 0 Å². The Kier molecular flexibility index (Phi) is 5.02. The fraction of sp³-hybridized carbons (Fsp3) is 0.538. The molecule has 0 aliphatic heterocycles. The van der Waals surface area contributed by atoms with Gasteiger partial charge in [-0.1, -0.05) is 6.07 Å². The van der Waals surface area contributed by atoms with Gasteiger partial charge in [-0.2, -0.15) is 0 Å². The van der Waals surface area contributed by atoms with Crippen molar-refractivity contribution in [3.63, 3.8) is 0 Å². The van der Waals surface area contributed by atoms with Gasteiger partial charge in [-0.05, 0) is 39.9 Å². The van der Waals surface area contributed by atoms with E-state index in [1.807, 2.05) is 25.9 Å². The van der Waals surface area contributed by atoms with Crippen molar-refractivity contribution >= 4 is 0 Å². The van der Waals surface area contributed by atoms with E-state index in [1.54, 1.807) is 0 Å². The lowest BCUT2D eigenvalue weighted by Crippen LogP contribution is -2.24. The summed E-state index contributed by atoms with van der Waals surface area (Å²) >= 11 is 0. The van der Waals surface area contributed by atoms with E-state index in [-0.39, 0.29) is 12.1 Å². The van der Waals surface area contributed by atoms with Crippen LogP contribution >= 0.6 is 0 Å². The van der Waals surface area contributed by atoms with Gasteiger partial charge in [-0.15, -0.1) is 0 Å². The number of hydrogen-bond donors (Lipinski definition) is 1. The molecule has 0 aliphatic carbocycles. The predicted octanol–water partition coefficient (Wildman–Crippen LogP) is 2.69. The average molecular weight is 242 g/mol. The molecule has 1 rings (SSSR count). The van der Waals surface area contributed by atoms with Gasteiger partial charge in [0.05, 0.1) is 0 Å². The van der Waals surface area contributed by atoms with Crippen molar-refractivity contribution in [3.8, 4) is 0 Å². The summed E-state index contributed by atoms with van der Waals surface area (Å²) in [5.74, 6) is -1.04. The molecule has 0 aliphatic rings. The number of benzene rings is 1. The highest BCUT2D eigenvalue weighted by Gasteiger charge is 2.18. The maximum absolute atomic E-state index is 13.7. The van der Waals surface area contributed by atoms with Crippen molar-refractivity contribution in [1.82, 2.24) is 4.90 Å². The van der Waals surface area contributed by atoms with E-state index in [9.17, 15) is 8.78 Å². The Morgan fingerprint density at radius 3 is 2.35 bits per heavy atom. The van der Waals surface area contributed by atoms with Gasteiger partial charge >= 0.3 is 0 Å². The highest BCUT2D eigenvalue weighted by Crippen LogP contribution is 2.26. The van der Waals surface area contributed by atoms with Gasteiger partial charge < -0.3 is 10.6 Å². The molecule has 0 spiro atoms. The molecule has 0 heterocycles. The maximum Gasteiger partial charge on any atom is 0.130 e. The summed E-state index contributed by atoms with van der Waals surface area (Å²) in [6, 6.07) is 3.75. The Bertz CT molecular complexity index is 364. The molecule has 0 fully saturated rings. The minimum absolute atomic E-state index is 0.0680. The van der Waals surface area contributed by atoms with Crippen molar-refractivity contribution < 1.29 is 8.78 Å². The third-order valence-corrected chi connectivity index (χ3v) is 2.84. The van der Waals surface area contributed by atoms with Gasteiger partial charge in [0, 0.05) is 23.7 Å². The van der Waals surface area contributed by atoms with Crippen LogP contribution in [0.4, 0.5) is 8.78 Å².